The smallest absolute Gasteiger partial charge is 0.745 e. The maximum atomic E-state index is 12.4. The second-order valence-corrected chi connectivity index (χ2v) is 18.3. The Morgan fingerprint density at radius 3 is 0.937 bits per heavy atom. The summed E-state index contributed by atoms with van der Waals surface area (Å²) in [5, 5.41) is 0. The molecule has 0 aromatic heterocycles. The van der Waals surface area contributed by atoms with Crippen LogP contribution in [0, 0.1) is 0 Å². The van der Waals surface area contributed by atoms with Crippen molar-refractivity contribution < 1.29 is 64.1 Å². The summed E-state index contributed by atoms with van der Waals surface area (Å²) in [6, 6.07) is 11.7. The SMILES string of the molecule is CCCCCCCCCCCOC(=O)c1ccccc1C(=O)OC(CCC)S(=O)(=O)[O-].CCCCCCCCCCCOC(=O)c1ccccc1C(=O)OC(CCC)S(=O)(=O)[O-].[Ca+2]. The van der Waals surface area contributed by atoms with E-state index in [0.717, 1.165) is 38.5 Å². The van der Waals surface area contributed by atoms with Crippen molar-refractivity contribution in [2.45, 2.75) is 180 Å². The van der Waals surface area contributed by atoms with Crippen LogP contribution in [0.4, 0.5) is 0 Å². The number of unbranched alkanes of at least 4 members (excludes halogenated alkanes) is 16. The molecule has 0 spiro atoms. The molecule has 0 fully saturated rings. The number of carbonyl (C=O) groups is 4. The van der Waals surface area contributed by atoms with Gasteiger partial charge in [0.05, 0.1) is 35.5 Å². The molecule has 63 heavy (non-hydrogen) atoms. The van der Waals surface area contributed by atoms with Gasteiger partial charge >= 0.3 is 61.6 Å². The fourth-order valence-corrected chi connectivity index (χ4v) is 7.81. The van der Waals surface area contributed by atoms with Crippen molar-refractivity contribution in [3.05, 3.63) is 70.8 Å². The fourth-order valence-electron chi connectivity index (χ4n) is 6.35. The Kier molecular flexibility index (Phi) is 34.2. The van der Waals surface area contributed by atoms with Gasteiger partial charge in [-0.25, -0.2) is 36.0 Å². The van der Waals surface area contributed by atoms with Gasteiger partial charge in [-0.3, -0.25) is 0 Å². The summed E-state index contributed by atoms with van der Waals surface area (Å²) in [5.41, 5.74) is -3.83. The summed E-state index contributed by atoms with van der Waals surface area (Å²) in [5.74, 6) is -3.42. The zero-order valence-electron chi connectivity index (χ0n) is 38.0. The first-order chi connectivity index (χ1) is 29.6. The van der Waals surface area contributed by atoms with E-state index in [2.05, 4.69) is 13.8 Å². The molecule has 2 aromatic carbocycles. The number of benzene rings is 2. The molecule has 0 saturated heterocycles. The predicted molar refractivity (Wildman–Crippen MR) is 241 cm³/mol. The van der Waals surface area contributed by atoms with E-state index < -0.39 is 55.0 Å². The third-order valence-electron chi connectivity index (χ3n) is 9.87. The largest absolute Gasteiger partial charge is 2.00 e. The van der Waals surface area contributed by atoms with Crippen LogP contribution in [0.25, 0.3) is 0 Å². The van der Waals surface area contributed by atoms with Crippen molar-refractivity contribution in [3.8, 4) is 0 Å². The normalized spacial score (nSPS) is 12.2. The Bertz CT molecular complexity index is 1690. The first-order valence-electron chi connectivity index (χ1n) is 22.5. The molecule has 2 unspecified atom stereocenters. The van der Waals surface area contributed by atoms with Crippen molar-refractivity contribution in [2.75, 3.05) is 13.2 Å². The minimum absolute atomic E-state index is 0. The van der Waals surface area contributed by atoms with Crippen LogP contribution in [0.3, 0.4) is 0 Å². The number of hydrogen-bond acceptors (Lipinski definition) is 14. The van der Waals surface area contributed by atoms with Crippen LogP contribution in [-0.4, -0.2) is 112 Å². The van der Waals surface area contributed by atoms with E-state index in [1.54, 1.807) is 26.0 Å². The Hall–Kier alpha value is -2.60. The zero-order chi connectivity index (χ0) is 46.2. The zero-order valence-corrected chi connectivity index (χ0v) is 41.8. The summed E-state index contributed by atoms with van der Waals surface area (Å²) >= 11 is 0. The third kappa shape index (κ3) is 26.8. The van der Waals surface area contributed by atoms with Crippen LogP contribution < -0.4 is 0 Å². The Labute approximate surface area is 406 Å². The molecule has 0 aliphatic carbocycles. The van der Waals surface area contributed by atoms with E-state index in [1.807, 2.05) is 0 Å². The van der Waals surface area contributed by atoms with E-state index in [1.165, 1.54) is 113 Å². The second-order valence-electron chi connectivity index (χ2n) is 15.3. The van der Waals surface area contributed by atoms with Crippen LogP contribution in [-0.2, 0) is 39.2 Å². The van der Waals surface area contributed by atoms with Crippen LogP contribution in [0.2, 0.25) is 0 Å². The van der Waals surface area contributed by atoms with Gasteiger partial charge in [0.15, 0.2) is 10.9 Å². The molecule has 0 aliphatic rings. The molecule has 352 valence electrons. The predicted octanol–water partition coefficient (Wildman–Crippen LogP) is 10.0. The fraction of sp³-hybridized carbons (Fsp3) is 0.652. The summed E-state index contributed by atoms with van der Waals surface area (Å²) in [4.78, 5) is 49.6. The average Bonchev–Trinajstić information content (AvgIpc) is 3.24. The summed E-state index contributed by atoms with van der Waals surface area (Å²) < 4.78 is 88.1. The van der Waals surface area contributed by atoms with E-state index in [0.29, 0.717) is 12.8 Å². The van der Waals surface area contributed by atoms with Crippen molar-refractivity contribution in [3.63, 3.8) is 0 Å². The standard InChI is InChI=1S/2C23H36O7S.Ca/c2*1-3-5-6-7-8-9-10-11-14-18-29-22(24)19-16-12-13-17-20(19)23(25)30-21(15-4-2)31(26,27)28;/h2*12-13,16-17,21H,3-11,14-15,18H2,1-2H3,(H,26,27,28);/q;;+2/p-2. The molecule has 0 amide bonds. The summed E-state index contributed by atoms with van der Waals surface area (Å²) in [7, 11) is -9.61. The van der Waals surface area contributed by atoms with Gasteiger partial charge in [-0.05, 0) is 49.9 Å². The molecule has 0 N–H and O–H groups in total. The van der Waals surface area contributed by atoms with Crippen LogP contribution in [0.1, 0.15) is 210 Å². The number of rotatable bonds is 32. The van der Waals surface area contributed by atoms with Gasteiger partial charge in [0.1, 0.15) is 20.2 Å². The summed E-state index contributed by atoms with van der Waals surface area (Å²) in [6.07, 6.45) is 21.0. The first-order valence-corrected chi connectivity index (χ1v) is 25.4. The molecule has 2 aromatic rings. The number of carbonyl (C=O) groups excluding carboxylic acids is 4. The first kappa shape index (κ1) is 60.4. The molecule has 0 heterocycles. The monoisotopic (exact) mass is 950 g/mol. The second kappa shape index (κ2) is 35.6. The van der Waals surface area contributed by atoms with E-state index in [9.17, 15) is 45.1 Å². The molecule has 0 bridgehead atoms. The maximum Gasteiger partial charge on any atom is 2.00 e. The van der Waals surface area contributed by atoms with E-state index in [-0.39, 0.29) is 86.0 Å². The molecule has 0 aliphatic heterocycles. The molecule has 0 saturated carbocycles. The van der Waals surface area contributed by atoms with Crippen molar-refractivity contribution in [2.24, 2.45) is 0 Å². The number of hydrogen-bond donors (Lipinski definition) is 0. The van der Waals surface area contributed by atoms with Gasteiger partial charge in [0, 0.05) is 0 Å². The van der Waals surface area contributed by atoms with E-state index >= 15 is 0 Å². The van der Waals surface area contributed by atoms with Gasteiger partial charge in [0.2, 0.25) is 0 Å². The number of ether oxygens (including phenoxy) is 4. The molecule has 17 heteroatoms. The van der Waals surface area contributed by atoms with Gasteiger partial charge < -0.3 is 28.1 Å². The Morgan fingerprint density at radius 1 is 0.429 bits per heavy atom. The topological polar surface area (TPSA) is 220 Å². The van der Waals surface area contributed by atoms with Crippen molar-refractivity contribution >= 4 is 81.9 Å². The molecule has 14 nitrogen and oxygen atoms in total. The van der Waals surface area contributed by atoms with Crippen LogP contribution in [0.5, 0.6) is 0 Å². The quantitative estimate of drug-likeness (QED) is 0.0219. The molecular weight excluding hydrogens is 881 g/mol. The Morgan fingerprint density at radius 2 is 0.683 bits per heavy atom. The molecule has 2 rings (SSSR count). The Balaban J connectivity index is 0.00000120. The minimum atomic E-state index is -4.80. The molecular formula is C46H70CaO14S2. The van der Waals surface area contributed by atoms with Gasteiger partial charge in [-0.1, -0.05) is 168 Å². The van der Waals surface area contributed by atoms with Gasteiger partial charge in [-0.15, -0.1) is 0 Å². The number of esters is 4. The van der Waals surface area contributed by atoms with Gasteiger partial charge in [-0.2, -0.15) is 0 Å². The molecule has 0 radical (unpaired) electrons. The average molecular weight is 951 g/mol. The molecule has 2 atom stereocenters. The maximum absolute atomic E-state index is 12.4. The van der Waals surface area contributed by atoms with Crippen molar-refractivity contribution in [1.29, 1.82) is 0 Å². The summed E-state index contributed by atoms with van der Waals surface area (Å²) in [6.45, 7) is 8.22. The van der Waals surface area contributed by atoms with E-state index in [4.69, 9.17) is 18.9 Å². The van der Waals surface area contributed by atoms with Gasteiger partial charge in [0.25, 0.3) is 0 Å². The third-order valence-corrected chi connectivity index (χ3v) is 11.8. The van der Waals surface area contributed by atoms with Crippen LogP contribution in [0.15, 0.2) is 48.5 Å². The van der Waals surface area contributed by atoms with Crippen molar-refractivity contribution in [1.82, 2.24) is 0 Å². The minimum Gasteiger partial charge on any atom is -0.745 e. The van der Waals surface area contributed by atoms with Crippen LogP contribution >= 0.6 is 0 Å².